The Bertz CT molecular complexity index is 1180. The topological polar surface area (TPSA) is 93.4 Å². The Balaban J connectivity index is 1.83. The molecule has 0 bridgehead atoms. The van der Waals surface area contributed by atoms with Crippen LogP contribution in [0.1, 0.15) is 42.2 Å². The molecule has 168 valence electrons. The number of hydrogen-bond donors (Lipinski definition) is 1. The summed E-state index contributed by atoms with van der Waals surface area (Å²) in [4.78, 5) is 52.0. The van der Waals surface area contributed by atoms with Crippen LogP contribution >= 0.6 is 11.3 Å². The van der Waals surface area contributed by atoms with Crippen molar-refractivity contribution in [1.29, 1.82) is 0 Å². The lowest BCUT2D eigenvalue weighted by Gasteiger charge is -2.27. The molecular weight excluding hydrogens is 437 g/mol. The van der Waals surface area contributed by atoms with Crippen molar-refractivity contribution >= 4 is 33.4 Å². The number of halogens is 3. The molecule has 2 aromatic rings. The molecule has 0 unspecified atom stereocenters. The highest BCUT2D eigenvalue weighted by molar-refractivity contribution is 7.18. The fourth-order valence-corrected chi connectivity index (χ4v) is 5.24. The highest BCUT2D eigenvalue weighted by Gasteiger charge is 2.32. The van der Waals surface area contributed by atoms with Crippen molar-refractivity contribution < 1.29 is 22.8 Å². The molecule has 31 heavy (non-hydrogen) atoms. The maximum atomic E-state index is 13.2. The molecule has 2 aliphatic rings. The summed E-state index contributed by atoms with van der Waals surface area (Å²) in [6.07, 6.45) is -3.53. The van der Waals surface area contributed by atoms with Crippen LogP contribution in [0.5, 0.6) is 0 Å². The number of carbonyl (C=O) groups is 2. The minimum Gasteiger partial charge on any atom is -0.346 e. The molecule has 2 amide bonds. The third-order valence-electron chi connectivity index (χ3n) is 5.88. The summed E-state index contributed by atoms with van der Waals surface area (Å²) >= 11 is 1.03. The van der Waals surface area contributed by atoms with Crippen LogP contribution in [0.25, 0.3) is 10.2 Å². The molecule has 0 aromatic carbocycles. The molecular formula is C19H21F3N4O4S. The molecule has 1 saturated carbocycles. The maximum absolute atomic E-state index is 13.2. The second kappa shape index (κ2) is 7.81. The summed E-state index contributed by atoms with van der Waals surface area (Å²) < 4.78 is 40.8. The van der Waals surface area contributed by atoms with E-state index in [-0.39, 0.29) is 29.3 Å². The largest absolute Gasteiger partial charge is 0.390 e. The van der Waals surface area contributed by atoms with Gasteiger partial charge in [0.2, 0.25) is 0 Å². The Morgan fingerprint density at radius 2 is 1.87 bits per heavy atom. The van der Waals surface area contributed by atoms with Gasteiger partial charge in [0.25, 0.3) is 5.56 Å². The van der Waals surface area contributed by atoms with Gasteiger partial charge < -0.3 is 10.2 Å². The minimum absolute atomic E-state index is 0.0494. The first kappa shape index (κ1) is 21.6. The van der Waals surface area contributed by atoms with E-state index in [2.05, 4.69) is 5.32 Å². The maximum Gasteiger partial charge on any atom is 0.390 e. The molecule has 3 heterocycles. The predicted molar refractivity (Wildman–Crippen MR) is 107 cm³/mol. The van der Waals surface area contributed by atoms with Gasteiger partial charge in [0.1, 0.15) is 4.83 Å². The Labute approximate surface area is 178 Å². The number of aryl methyl sites for hydroxylation is 2. The smallest absolute Gasteiger partial charge is 0.346 e. The second-order valence-electron chi connectivity index (χ2n) is 7.87. The number of alkyl halides is 3. The fourth-order valence-electron chi connectivity index (χ4n) is 3.91. The molecule has 1 N–H and O–H groups in total. The third kappa shape index (κ3) is 3.88. The average molecular weight is 458 g/mol. The van der Waals surface area contributed by atoms with Gasteiger partial charge in [-0.05, 0) is 31.7 Å². The lowest BCUT2D eigenvalue weighted by atomic mass is 9.93. The van der Waals surface area contributed by atoms with Crippen LogP contribution < -0.4 is 16.6 Å². The first-order chi connectivity index (χ1) is 14.6. The van der Waals surface area contributed by atoms with Crippen LogP contribution in [-0.4, -0.2) is 45.1 Å². The number of rotatable bonds is 5. The van der Waals surface area contributed by atoms with Crippen LogP contribution in [0.4, 0.5) is 13.2 Å². The van der Waals surface area contributed by atoms with Crippen LogP contribution in [0, 0.1) is 6.92 Å². The molecule has 2 fully saturated rings. The summed E-state index contributed by atoms with van der Waals surface area (Å²) in [7, 11) is 0. The SMILES string of the molecule is Cc1c(CN2CCNC(=O)C2=O)sc2c1c(=O)n(C1CCC1)c(=O)n2CCC(F)(F)F. The predicted octanol–water partition coefficient (Wildman–Crippen LogP) is 1.67. The monoisotopic (exact) mass is 458 g/mol. The highest BCUT2D eigenvalue weighted by Crippen LogP contribution is 2.33. The number of fused-ring (bicyclic) bond motifs is 1. The molecule has 8 nitrogen and oxygen atoms in total. The summed E-state index contributed by atoms with van der Waals surface area (Å²) in [5.41, 5.74) is -0.707. The first-order valence-electron chi connectivity index (χ1n) is 9.99. The van der Waals surface area contributed by atoms with Crippen molar-refractivity contribution in [2.24, 2.45) is 0 Å². The molecule has 0 atom stereocenters. The molecule has 12 heteroatoms. The van der Waals surface area contributed by atoms with Gasteiger partial charge in [-0.2, -0.15) is 13.2 Å². The van der Waals surface area contributed by atoms with E-state index in [1.54, 1.807) is 6.92 Å². The first-order valence-corrected chi connectivity index (χ1v) is 10.8. The van der Waals surface area contributed by atoms with Gasteiger partial charge >= 0.3 is 23.7 Å². The molecule has 1 aliphatic heterocycles. The van der Waals surface area contributed by atoms with Crippen molar-refractivity contribution in [3.05, 3.63) is 31.3 Å². The minimum atomic E-state index is -4.45. The Morgan fingerprint density at radius 3 is 2.48 bits per heavy atom. The Kier molecular flexibility index (Phi) is 5.44. The van der Waals surface area contributed by atoms with Crippen molar-refractivity contribution in [2.75, 3.05) is 13.1 Å². The van der Waals surface area contributed by atoms with Crippen molar-refractivity contribution in [3.63, 3.8) is 0 Å². The zero-order valence-electron chi connectivity index (χ0n) is 16.8. The quantitative estimate of drug-likeness (QED) is 0.690. The fraction of sp³-hybridized carbons (Fsp3) is 0.579. The van der Waals surface area contributed by atoms with E-state index in [0.717, 1.165) is 26.9 Å². The number of piperazine rings is 1. The number of hydrogen-bond acceptors (Lipinski definition) is 5. The van der Waals surface area contributed by atoms with Crippen LogP contribution in [0.15, 0.2) is 9.59 Å². The number of thiophene rings is 1. The summed E-state index contributed by atoms with van der Waals surface area (Å²) in [5, 5.41) is 2.66. The molecule has 4 rings (SSSR count). The normalized spacial score (nSPS) is 17.9. The molecule has 1 saturated heterocycles. The van der Waals surface area contributed by atoms with Gasteiger partial charge in [-0.15, -0.1) is 11.3 Å². The number of nitrogens with one attached hydrogen (secondary N) is 1. The van der Waals surface area contributed by atoms with Gasteiger partial charge in [-0.3, -0.25) is 23.5 Å². The summed E-state index contributed by atoms with van der Waals surface area (Å²) in [5.74, 6) is -1.43. The number of nitrogens with zero attached hydrogens (tertiary/aromatic N) is 3. The molecule has 0 radical (unpaired) electrons. The number of carbonyl (C=O) groups excluding carboxylic acids is 2. The van der Waals surface area contributed by atoms with Crippen LogP contribution in [0.3, 0.4) is 0 Å². The Morgan fingerprint density at radius 1 is 1.16 bits per heavy atom. The second-order valence-corrected chi connectivity index (χ2v) is 8.96. The van der Waals surface area contributed by atoms with Gasteiger partial charge in [-0.1, -0.05) is 0 Å². The molecule has 2 aromatic heterocycles. The van der Waals surface area contributed by atoms with Gasteiger partial charge in [0.05, 0.1) is 18.4 Å². The van der Waals surface area contributed by atoms with E-state index in [1.165, 1.54) is 4.90 Å². The average Bonchev–Trinajstić information content (AvgIpc) is 2.96. The van der Waals surface area contributed by atoms with Crippen molar-refractivity contribution in [1.82, 2.24) is 19.4 Å². The van der Waals surface area contributed by atoms with Crippen LogP contribution in [-0.2, 0) is 22.7 Å². The van der Waals surface area contributed by atoms with Gasteiger partial charge in [0, 0.05) is 30.6 Å². The van der Waals surface area contributed by atoms with E-state index in [0.29, 0.717) is 29.8 Å². The highest BCUT2D eigenvalue weighted by atomic mass is 32.1. The zero-order valence-corrected chi connectivity index (χ0v) is 17.6. The van der Waals surface area contributed by atoms with Gasteiger partial charge in [0.15, 0.2) is 0 Å². The third-order valence-corrected chi connectivity index (χ3v) is 7.18. The lowest BCUT2D eigenvalue weighted by molar-refractivity contribution is -0.148. The Hall–Kier alpha value is -2.63. The van der Waals surface area contributed by atoms with E-state index < -0.39 is 42.2 Å². The summed E-state index contributed by atoms with van der Waals surface area (Å²) in [6, 6.07) is -0.309. The molecule has 1 aliphatic carbocycles. The van der Waals surface area contributed by atoms with Crippen molar-refractivity contribution in [3.8, 4) is 0 Å². The van der Waals surface area contributed by atoms with E-state index in [9.17, 15) is 32.3 Å². The van der Waals surface area contributed by atoms with Crippen molar-refractivity contribution in [2.45, 2.75) is 57.9 Å². The standard InChI is InChI=1S/C19H21F3N4O4S/c1-10-12(9-24-8-6-23-14(27)16(24)29)31-17-13(10)15(28)26(11-3-2-4-11)18(30)25(17)7-5-19(20,21)22/h11H,2-9H2,1H3,(H,23,27). The van der Waals surface area contributed by atoms with Crippen LogP contribution in [0.2, 0.25) is 0 Å². The summed E-state index contributed by atoms with van der Waals surface area (Å²) in [6.45, 7) is 1.70. The zero-order chi connectivity index (χ0) is 22.5. The van der Waals surface area contributed by atoms with E-state index >= 15 is 0 Å². The lowest BCUT2D eigenvalue weighted by Crippen LogP contribution is -2.51. The number of amides is 2. The van der Waals surface area contributed by atoms with Gasteiger partial charge in [-0.25, -0.2) is 4.79 Å². The van der Waals surface area contributed by atoms with E-state index in [4.69, 9.17) is 0 Å². The molecule has 0 spiro atoms. The van der Waals surface area contributed by atoms with E-state index in [1.807, 2.05) is 0 Å². The number of aromatic nitrogens is 2.